The Balaban J connectivity index is 2.50. The first-order valence-electron chi connectivity index (χ1n) is 8.07. The summed E-state index contributed by atoms with van der Waals surface area (Å²) in [5.74, 6) is 1.29. The first-order valence-corrected chi connectivity index (χ1v) is 9.89. The van der Waals surface area contributed by atoms with E-state index < -0.39 is 9.84 Å². The molecule has 2 atom stereocenters. The zero-order chi connectivity index (χ0) is 15.4. The van der Waals surface area contributed by atoms with Crippen LogP contribution in [0.5, 0.6) is 0 Å². The summed E-state index contributed by atoms with van der Waals surface area (Å²) in [6.45, 7) is 8.66. The molecule has 3 nitrogen and oxygen atoms in total. The van der Waals surface area contributed by atoms with Crippen molar-refractivity contribution in [2.24, 2.45) is 17.1 Å². The van der Waals surface area contributed by atoms with Gasteiger partial charge < -0.3 is 5.73 Å². The van der Waals surface area contributed by atoms with E-state index in [1.807, 2.05) is 0 Å². The van der Waals surface area contributed by atoms with E-state index in [0.717, 1.165) is 25.2 Å². The lowest BCUT2D eigenvalue weighted by Gasteiger charge is -2.31. The van der Waals surface area contributed by atoms with Crippen molar-refractivity contribution in [3.05, 3.63) is 0 Å². The summed E-state index contributed by atoms with van der Waals surface area (Å²) in [6, 6.07) is 0. The molecule has 0 spiro atoms. The lowest BCUT2D eigenvalue weighted by molar-refractivity contribution is 0.209. The monoisotopic (exact) mass is 303 g/mol. The molecule has 20 heavy (non-hydrogen) atoms. The van der Waals surface area contributed by atoms with E-state index in [4.69, 9.17) is 5.73 Å². The van der Waals surface area contributed by atoms with Crippen molar-refractivity contribution in [3.8, 4) is 0 Å². The average molecular weight is 304 g/mol. The minimum Gasteiger partial charge on any atom is -0.325 e. The molecule has 0 aliphatic heterocycles. The lowest BCUT2D eigenvalue weighted by Crippen LogP contribution is -2.39. The van der Waals surface area contributed by atoms with Gasteiger partial charge in [-0.2, -0.15) is 0 Å². The molecule has 1 aliphatic carbocycles. The number of nitrogens with two attached hydrogens (primary N) is 1. The van der Waals surface area contributed by atoms with Crippen LogP contribution in [-0.4, -0.2) is 25.5 Å². The largest absolute Gasteiger partial charge is 0.325 e. The van der Waals surface area contributed by atoms with Gasteiger partial charge in [0.05, 0.1) is 5.75 Å². The molecule has 2 N–H and O–H groups in total. The number of hydrogen-bond acceptors (Lipinski definition) is 3. The topological polar surface area (TPSA) is 60.2 Å². The fourth-order valence-electron chi connectivity index (χ4n) is 3.34. The van der Waals surface area contributed by atoms with Crippen LogP contribution in [-0.2, 0) is 9.84 Å². The fourth-order valence-corrected chi connectivity index (χ4v) is 4.21. The molecule has 4 heteroatoms. The van der Waals surface area contributed by atoms with Gasteiger partial charge in [0.15, 0.2) is 0 Å². The Morgan fingerprint density at radius 1 is 1.20 bits per heavy atom. The second kappa shape index (κ2) is 6.78. The fraction of sp³-hybridized carbons (Fsp3) is 1.00. The molecule has 1 saturated carbocycles. The van der Waals surface area contributed by atoms with Gasteiger partial charge in [0, 0.05) is 11.3 Å². The quantitative estimate of drug-likeness (QED) is 0.790. The normalized spacial score (nSPS) is 29.1. The van der Waals surface area contributed by atoms with Crippen LogP contribution >= 0.6 is 0 Å². The van der Waals surface area contributed by atoms with E-state index in [1.54, 1.807) is 6.92 Å². The van der Waals surface area contributed by atoms with Crippen molar-refractivity contribution in [2.45, 2.75) is 78.2 Å². The number of hydrogen-bond donors (Lipinski definition) is 1. The minimum atomic E-state index is -2.85. The van der Waals surface area contributed by atoms with Gasteiger partial charge in [0.25, 0.3) is 0 Å². The first-order chi connectivity index (χ1) is 9.08. The first kappa shape index (κ1) is 18.0. The zero-order valence-corrected chi connectivity index (χ0v) is 14.6. The highest BCUT2D eigenvalue weighted by Crippen LogP contribution is 2.40. The summed E-state index contributed by atoms with van der Waals surface area (Å²) in [5.41, 5.74) is 6.76. The molecule has 0 radical (unpaired) electrons. The molecule has 0 aromatic rings. The van der Waals surface area contributed by atoms with E-state index >= 15 is 0 Å². The second-order valence-electron chi connectivity index (χ2n) is 7.70. The third-order valence-corrected chi connectivity index (χ3v) is 6.80. The highest BCUT2D eigenvalue weighted by Gasteiger charge is 2.33. The third-order valence-electron chi connectivity index (χ3n) is 5.01. The number of rotatable bonds is 5. The summed E-state index contributed by atoms with van der Waals surface area (Å²) in [5, 5.41) is 0. The van der Waals surface area contributed by atoms with E-state index in [-0.39, 0.29) is 11.3 Å². The van der Waals surface area contributed by atoms with Gasteiger partial charge in [-0.05, 0) is 49.9 Å². The van der Waals surface area contributed by atoms with Crippen LogP contribution in [0.2, 0.25) is 0 Å². The molecule has 2 unspecified atom stereocenters. The van der Waals surface area contributed by atoms with Crippen molar-refractivity contribution < 1.29 is 8.42 Å². The molecule has 1 rings (SSSR count). The van der Waals surface area contributed by atoms with Crippen molar-refractivity contribution in [3.63, 3.8) is 0 Å². The van der Waals surface area contributed by atoms with Gasteiger partial charge in [-0.1, -0.05) is 34.1 Å². The molecule has 1 aliphatic rings. The van der Waals surface area contributed by atoms with Crippen molar-refractivity contribution >= 4 is 9.84 Å². The van der Waals surface area contributed by atoms with Crippen molar-refractivity contribution in [1.82, 2.24) is 0 Å². The molecule has 120 valence electrons. The van der Waals surface area contributed by atoms with Crippen LogP contribution < -0.4 is 5.73 Å². The van der Waals surface area contributed by atoms with Crippen LogP contribution in [0.4, 0.5) is 0 Å². The maximum absolute atomic E-state index is 11.6. The Kier molecular flexibility index (Phi) is 6.09. The molecular formula is C16H33NO2S. The predicted octanol–water partition coefficient (Wildman–Crippen LogP) is 3.53. The van der Waals surface area contributed by atoms with Gasteiger partial charge in [0.1, 0.15) is 9.84 Å². The van der Waals surface area contributed by atoms with Gasteiger partial charge in [-0.25, -0.2) is 8.42 Å². The highest BCUT2D eigenvalue weighted by atomic mass is 32.2. The molecule has 0 saturated heterocycles. The van der Waals surface area contributed by atoms with E-state index in [0.29, 0.717) is 17.6 Å². The Labute approximate surface area is 125 Å². The summed E-state index contributed by atoms with van der Waals surface area (Å²) < 4.78 is 23.1. The smallest absolute Gasteiger partial charge is 0.150 e. The molecule has 0 aromatic carbocycles. The van der Waals surface area contributed by atoms with Crippen molar-refractivity contribution in [1.29, 1.82) is 0 Å². The van der Waals surface area contributed by atoms with Crippen LogP contribution in [0.3, 0.4) is 0 Å². The summed E-state index contributed by atoms with van der Waals surface area (Å²) >= 11 is 0. The standard InChI is InChI=1S/C16H33NO2S/c1-5-20(18,19)13-7-11-16(17)10-6-8-14(9-12-16)15(2,3)4/h14H,5-13,17H2,1-4H3. The maximum atomic E-state index is 11.6. The molecule has 0 aromatic heterocycles. The molecule has 1 fully saturated rings. The zero-order valence-electron chi connectivity index (χ0n) is 13.7. The lowest BCUT2D eigenvalue weighted by atomic mass is 9.76. The third kappa shape index (κ3) is 5.72. The van der Waals surface area contributed by atoms with Crippen LogP contribution in [0, 0.1) is 11.3 Å². The summed E-state index contributed by atoms with van der Waals surface area (Å²) in [4.78, 5) is 0. The van der Waals surface area contributed by atoms with E-state index in [1.165, 1.54) is 19.3 Å². The molecule has 0 heterocycles. The molecule has 0 bridgehead atoms. The van der Waals surface area contributed by atoms with Crippen LogP contribution in [0.25, 0.3) is 0 Å². The SMILES string of the molecule is CCS(=O)(=O)CCCC1(N)CCCC(C(C)(C)C)CC1. The van der Waals surface area contributed by atoms with Crippen molar-refractivity contribution in [2.75, 3.05) is 11.5 Å². The second-order valence-corrected chi connectivity index (χ2v) is 10.2. The van der Waals surface area contributed by atoms with Gasteiger partial charge in [-0.15, -0.1) is 0 Å². The summed E-state index contributed by atoms with van der Waals surface area (Å²) in [7, 11) is -2.85. The van der Waals surface area contributed by atoms with Gasteiger partial charge in [-0.3, -0.25) is 0 Å². The van der Waals surface area contributed by atoms with E-state index in [9.17, 15) is 8.42 Å². The predicted molar refractivity (Wildman–Crippen MR) is 86.5 cm³/mol. The van der Waals surface area contributed by atoms with Gasteiger partial charge in [0.2, 0.25) is 0 Å². The van der Waals surface area contributed by atoms with E-state index in [2.05, 4.69) is 20.8 Å². The molecular weight excluding hydrogens is 270 g/mol. The summed E-state index contributed by atoms with van der Waals surface area (Å²) in [6.07, 6.45) is 7.28. The number of sulfone groups is 1. The van der Waals surface area contributed by atoms with Crippen LogP contribution in [0.1, 0.15) is 72.6 Å². The van der Waals surface area contributed by atoms with Gasteiger partial charge >= 0.3 is 0 Å². The Morgan fingerprint density at radius 3 is 2.40 bits per heavy atom. The highest BCUT2D eigenvalue weighted by molar-refractivity contribution is 7.91. The maximum Gasteiger partial charge on any atom is 0.150 e. The Bertz CT molecular complexity index is 397. The molecule has 0 amide bonds. The minimum absolute atomic E-state index is 0.136. The van der Waals surface area contributed by atoms with Crippen LogP contribution in [0.15, 0.2) is 0 Å². The Morgan fingerprint density at radius 2 is 1.85 bits per heavy atom. The Hall–Kier alpha value is -0.0900. The average Bonchev–Trinajstić information content (AvgIpc) is 2.51.